The fraction of sp³-hybridized carbons (Fsp3) is 0.556. The van der Waals surface area contributed by atoms with Crippen LogP contribution in [-0.2, 0) is 0 Å². The first-order valence-corrected chi connectivity index (χ1v) is 6.60. The first-order valence-electron chi connectivity index (χ1n) is 5.21. The van der Waals surface area contributed by atoms with Gasteiger partial charge in [-0.3, -0.25) is 15.5 Å². The van der Waals surface area contributed by atoms with Crippen LogP contribution >= 0.6 is 11.8 Å². The molecule has 18 heavy (non-hydrogen) atoms. The van der Waals surface area contributed by atoms with Crippen LogP contribution in [0.2, 0.25) is 0 Å². The summed E-state index contributed by atoms with van der Waals surface area (Å²) in [6.45, 7) is 2.22. The Morgan fingerprint density at radius 2 is 2.22 bits per heavy atom. The fourth-order valence-electron chi connectivity index (χ4n) is 1.43. The minimum Gasteiger partial charge on any atom is -0.353 e. The number of nitrogens with zero attached hydrogens (tertiary/aromatic N) is 4. The molecular formula is C9H16N6O2S. The molecule has 1 aromatic rings. The molecule has 0 unspecified atom stereocenters. The smallest absolute Gasteiger partial charge is 0.332 e. The Morgan fingerprint density at radius 3 is 2.72 bits per heavy atom. The molecule has 0 amide bonds. The van der Waals surface area contributed by atoms with E-state index >= 15 is 0 Å². The Bertz CT molecular complexity index is 441. The maximum absolute atomic E-state index is 11.1. The summed E-state index contributed by atoms with van der Waals surface area (Å²) in [4.78, 5) is 20.3. The zero-order chi connectivity index (χ0) is 13.7. The lowest BCUT2D eigenvalue weighted by Gasteiger charge is -2.18. The molecule has 0 fully saturated rings. The summed E-state index contributed by atoms with van der Waals surface area (Å²) >= 11 is 1.66. The highest BCUT2D eigenvalue weighted by Gasteiger charge is 2.24. The van der Waals surface area contributed by atoms with Gasteiger partial charge in [0.05, 0.1) is 4.92 Å². The van der Waals surface area contributed by atoms with E-state index in [2.05, 4.69) is 15.4 Å². The van der Waals surface area contributed by atoms with Crippen LogP contribution in [0.1, 0.15) is 5.69 Å². The number of thioether (sulfide) groups is 1. The number of anilines is 2. The second kappa shape index (κ2) is 6.36. The van der Waals surface area contributed by atoms with Crippen LogP contribution in [-0.4, -0.2) is 40.5 Å². The number of nitro groups is 1. The van der Waals surface area contributed by atoms with Crippen molar-refractivity contribution < 1.29 is 4.92 Å². The van der Waals surface area contributed by atoms with E-state index in [-0.39, 0.29) is 23.1 Å². The van der Waals surface area contributed by atoms with Crippen molar-refractivity contribution in [3.8, 4) is 0 Å². The molecule has 1 rings (SSSR count). The van der Waals surface area contributed by atoms with Crippen LogP contribution in [0.25, 0.3) is 0 Å². The van der Waals surface area contributed by atoms with E-state index in [1.54, 1.807) is 30.6 Å². The number of nitrogens with two attached hydrogens (primary N) is 1. The number of hydrogen-bond donors (Lipinski definition) is 2. The molecule has 0 aliphatic rings. The van der Waals surface area contributed by atoms with Crippen LogP contribution in [0.3, 0.4) is 0 Å². The van der Waals surface area contributed by atoms with E-state index in [1.807, 2.05) is 6.26 Å². The molecule has 0 aliphatic heterocycles. The maximum atomic E-state index is 11.1. The molecule has 0 aliphatic carbocycles. The lowest BCUT2D eigenvalue weighted by Crippen LogP contribution is -2.24. The molecule has 0 radical (unpaired) electrons. The molecule has 9 heteroatoms. The van der Waals surface area contributed by atoms with Crippen molar-refractivity contribution in [1.82, 2.24) is 9.97 Å². The number of nitrogens with one attached hydrogen (secondary N) is 1. The van der Waals surface area contributed by atoms with Crippen molar-refractivity contribution in [2.45, 2.75) is 6.92 Å². The maximum Gasteiger partial charge on any atom is 0.332 e. The Kier molecular flexibility index (Phi) is 5.10. The van der Waals surface area contributed by atoms with Crippen LogP contribution in [0.4, 0.5) is 17.5 Å². The summed E-state index contributed by atoms with van der Waals surface area (Å²) in [5.41, 5.74) is 2.51. The topological polar surface area (TPSA) is 110 Å². The van der Waals surface area contributed by atoms with Gasteiger partial charge in [0.25, 0.3) is 0 Å². The second-order valence-corrected chi connectivity index (χ2v) is 4.61. The van der Waals surface area contributed by atoms with E-state index in [0.29, 0.717) is 6.54 Å². The van der Waals surface area contributed by atoms with Gasteiger partial charge in [0.2, 0.25) is 11.8 Å². The summed E-state index contributed by atoms with van der Waals surface area (Å²) in [5, 5.41) is 11.1. The molecule has 1 heterocycles. The molecule has 0 spiro atoms. The highest BCUT2D eigenvalue weighted by Crippen LogP contribution is 2.28. The largest absolute Gasteiger partial charge is 0.353 e. The highest BCUT2D eigenvalue weighted by molar-refractivity contribution is 7.98. The number of hydrogen-bond acceptors (Lipinski definition) is 8. The summed E-state index contributed by atoms with van der Waals surface area (Å²) < 4.78 is 0. The van der Waals surface area contributed by atoms with Gasteiger partial charge in [-0.25, -0.2) is 10.8 Å². The zero-order valence-corrected chi connectivity index (χ0v) is 11.3. The monoisotopic (exact) mass is 272 g/mol. The van der Waals surface area contributed by atoms with Crippen molar-refractivity contribution in [3.05, 3.63) is 15.8 Å². The second-order valence-electron chi connectivity index (χ2n) is 3.62. The standard InChI is InChI=1S/C9H16N6O2S/c1-6-7(15(16)17)8(12-9(11-6)13-10)14(2)4-5-18-3/h4-5,10H2,1-3H3,(H,11,12,13). The molecular weight excluding hydrogens is 256 g/mol. The molecule has 100 valence electrons. The molecule has 0 saturated carbocycles. The van der Waals surface area contributed by atoms with Gasteiger partial charge < -0.3 is 4.90 Å². The number of aryl methyl sites for hydroxylation is 1. The summed E-state index contributed by atoms with van der Waals surface area (Å²) in [6, 6.07) is 0. The molecule has 0 bridgehead atoms. The quantitative estimate of drug-likeness (QED) is 0.444. The van der Waals surface area contributed by atoms with Gasteiger partial charge in [0.15, 0.2) is 0 Å². The van der Waals surface area contributed by atoms with Crippen molar-refractivity contribution in [2.24, 2.45) is 5.84 Å². The average molecular weight is 272 g/mol. The summed E-state index contributed by atoms with van der Waals surface area (Å²) in [6.07, 6.45) is 1.97. The van der Waals surface area contributed by atoms with Crippen LogP contribution in [0.15, 0.2) is 0 Å². The van der Waals surface area contributed by atoms with Gasteiger partial charge in [-0.15, -0.1) is 0 Å². The average Bonchev–Trinajstić information content (AvgIpc) is 2.34. The number of hydrazine groups is 1. The lowest BCUT2D eigenvalue weighted by molar-refractivity contribution is -0.385. The van der Waals surface area contributed by atoms with Crippen molar-refractivity contribution in [3.63, 3.8) is 0 Å². The van der Waals surface area contributed by atoms with Gasteiger partial charge in [0, 0.05) is 19.3 Å². The predicted molar refractivity (Wildman–Crippen MR) is 72.9 cm³/mol. The van der Waals surface area contributed by atoms with Crippen LogP contribution in [0.5, 0.6) is 0 Å². The minimum atomic E-state index is -0.472. The van der Waals surface area contributed by atoms with Crippen LogP contribution in [0, 0.1) is 17.0 Å². The first kappa shape index (κ1) is 14.5. The third-order valence-electron chi connectivity index (χ3n) is 2.34. The molecule has 0 aromatic carbocycles. The van der Waals surface area contributed by atoms with E-state index in [1.165, 1.54) is 0 Å². The van der Waals surface area contributed by atoms with Crippen LogP contribution < -0.4 is 16.2 Å². The van der Waals surface area contributed by atoms with Gasteiger partial charge >= 0.3 is 5.69 Å². The predicted octanol–water partition coefficient (Wildman–Crippen LogP) is 0.778. The SMILES string of the molecule is CSCCN(C)c1nc(NN)nc(C)c1[N+](=O)[O-]. The van der Waals surface area contributed by atoms with Gasteiger partial charge in [0.1, 0.15) is 5.69 Å². The van der Waals surface area contributed by atoms with E-state index in [4.69, 9.17) is 5.84 Å². The normalized spacial score (nSPS) is 10.2. The molecule has 0 saturated heterocycles. The fourth-order valence-corrected chi connectivity index (χ4v) is 1.89. The zero-order valence-electron chi connectivity index (χ0n) is 10.5. The Labute approximate surface area is 109 Å². The minimum absolute atomic E-state index is 0.0856. The third kappa shape index (κ3) is 3.20. The Morgan fingerprint density at radius 1 is 1.56 bits per heavy atom. The van der Waals surface area contributed by atoms with Crippen molar-refractivity contribution >= 4 is 29.2 Å². The van der Waals surface area contributed by atoms with E-state index < -0.39 is 4.92 Å². The molecule has 1 aromatic heterocycles. The molecule has 3 N–H and O–H groups in total. The van der Waals surface area contributed by atoms with E-state index in [0.717, 1.165) is 5.75 Å². The molecule has 0 atom stereocenters. The third-order valence-corrected chi connectivity index (χ3v) is 2.93. The number of rotatable bonds is 6. The number of nitrogen functional groups attached to an aromatic ring is 1. The summed E-state index contributed by atoms with van der Waals surface area (Å²) in [5.74, 6) is 6.54. The van der Waals surface area contributed by atoms with Gasteiger partial charge in [-0.1, -0.05) is 0 Å². The summed E-state index contributed by atoms with van der Waals surface area (Å²) in [7, 11) is 1.76. The van der Waals surface area contributed by atoms with Crippen molar-refractivity contribution in [2.75, 3.05) is 35.9 Å². The Balaban J connectivity index is 3.20. The Hall–Kier alpha value is -1.61. The lowest BCUT2D eigenvalue weighted by atomic mass is 10.3. The van der Waals surface area contributed by atoms with Gasteiger partial charge in [-0.05, 0) is 13.2 Å². The van der Waals surface area contributed by atoms with Gasteiger partial charge in [-0.2, -0.15) is 16.7 Å². The van der Waals surface area contributed by atoms with Crippen molar-refractivity contribution in [1.29, 1.82) is 0 Å². The highest BCUT2D eigenvalue weighted by atomic mass is 32.2. The number of aromatic nitrogens is 2. The van der Waals surface area contributed by atoms with E-state index in [9.17, 15) is 10.1 Å². The molecule has 8 nitrogen and oxygen atoms in total. The first-order chi connectivity index (χ1) is 8.51.